The van der Waals surface area contributed by atoms with Crippen LogP contribution < -0.4 is 10.6 Å². The molecule has 1 saturated heterocycles. The van der Waals surface area contributed by atoms with Gasteiger partial charge < -0.3 is 15.5 Å². The lowest BCUT2D eigenvalue weighted by Gasteiger charge is -2.24. The number of amides is 3. The molecule has 1 atom stereocenters. The predicted molar refractivity (Wildman–Crippen MR) is 73.8 cm³/mol. The zero-order valence-electron chi connectivity index (χ0n) is 11.9. The van der Waals surface area contributed by atoms with Crippen molar-refractivity contribution in [2.75, 3.05) is 6.54 Å². The normalized spacial score (nSPS) is 24.9. The van der Waals surface area contributed by atoms with E-state index >= 15 is 0 Å². The fourth-order valence-corrected chi connectivity index (χ4v) is 2.99. The summed E-state index contributed by atoms with van der Waals surface area (Å²) >= 11 is 0. The van der Waals surface area contributed by atoms with Crippen LogP contribution in [0, 0.1) is 0 Å². The Hall–Kier alpha value is -1.26. The molecule has 0 bridgehead atoms. The largest absolute Gasteiger partial charge is 0.338 e. The van der Waals surface area contributed by atoms with Gasteiger partial charge in [-0.05, 0) is 26.7 Å². The third kappa shape index (κ3) is 3.85. The first kappa shape index (κ1) is 14.2. The maximum atomic E-state index is 11.9. The summed E-state index contributed by atoms with van der Waals surface area (Å²) in [6.45, 7) is 4.64. The summed E-state index contributed by atoms with van der Waals surface area (Å²) in [6, 6.07) is 0.363. The number of hydrogen-bond acceptors (Lipinski definition) is 2. The molecule has 5 nitrogen and oxygen atoms in total. The van der Waals surface area contributed by atoms with Crippen LogP contribution in [0.25, 0.3) is 0 Å². The Bertz CT molecular complexity index is 338. The first-order valence-electron chi connectivity index (χ1n) is 7.42. The van der Waals surface area contributed by atoms with Crippen LogP contribution in [0.3, 0.4) is 0 Å². The van der Waals surface area contributed by atoms with Crippen LogP contribution in [0.2, 0.25) is 0 Å². The first-order valence-corrected chi connectivity index (χ1v) is 7.42. The molecule has 1 unspecified atom stereocenters. The number of nitrogens with one attached hydrogen (secondary N) is 2. The monoisotopic (exact) mass is 267 g/mol. The Labute approximate surface area is 115 Å². The van der Waals surface area contributed by atoms with Gasteiger partial charge in [-0.2, -0.15) is 0 Å². The quantitative estimate of drug-likeness (QED) is 0.816. The van der Waals surface area contributed by atoms with E-state index in [4.69, 9.17) is 0 Å². The molecule has 19 heavy (non-hydrogen) atoms. The van der Waals surface area contributed by atoms with E-state index in [9.17, 15) is 9.59 Å². The molecule has 108 valence electrons. The second-order valence-electron chi connectivity index (χ2n) is 5.99. The van der Waals surface area contributed by atoms with Crippen molar-refractivity contribution in [2.45, 2.75) is 70.5 Å². The van der Waals surface area contributed by atoms with Crippen LogP contribution >= 0.6 is 0 Å². The van der Waals surface area contributed by atoms with Gasteiger partial charge in [0.1, 0.15) is 0 Å². The van der Waals surface area contributed by atoms with E-state index < -0.39 is 0 Å². The van der Waals surface area contributed by atoms with Crippen LogP contribution in [-0.2, 0) is 4.79 Å². The highest BCUT2D eigenvalue weighted by atomic mass is 16.2. The molecule has 0 spiro atoms. The van der Waals surface area contributed by atoms with Crippen molar-refractivity contribution in [1.29, 1.82) is 0 Å². The van der Waals surface area contributed by atoms with Crippen molar-refractivity contribution >= 4 is 11.9 Å². The first-order chi connectivity index (χ1) is 9.06. The molecule has 2 N–H and O–H groups in total. The van der Waals surface area contributed by atoms with Crippen molar-refractivity contribution in [3.05, 3.63) is 0 Å². The standard InChI is InChI=1S/C14H25N3O2/c1-10(2)17-9-12(8-13(17)18)16-14(19)15-11-6-4-3-5-7-11/h10-12H,3-9H2,1-2H3,(H2,15,16,19). The van der Waals surface area contributed by atoms with Gasteiger partial charge in [-0.25, -0.2) is 4.79 Å². The van der Waals surface area contributed by atoms with E-state index in [1.54, 1.807) is 0 Å². The molecule has 2 fully saturated rings. The molecule has 3 amide bonds. The van der Waals surface area contributed by atoms with Crippen LogP contribution in [0.4, 0.5) is 4.79 Å². The number of hydrogen-bond donors (Lipinski definition) is 2. The third-order valence-electron chi connectivity index (χ3n) is 4.06. The number of carbonyl (C=O) groups is 2. The fourth-order valence-electron chi connectivity index (χ4n) is 2.99. The number of nitrogens with zero attached hydrogens (tertiary/aromatic N) is 1. The Morgan fingerprint density at radius 2 is 1.79 bits per heavy atom. The van der Waals surface area contributed by atoms with Gasteiger partial charge in [0.05, 0.1) is 6.04 Å². The smallest absolute Gasteiger partial charge is 0.315 e. The van der Waals surface area contributed by atoms with Gasteiger partial charge >= 0.3 is 6.03 Å². The minimum Gasteiger partial charge on any atom is -0.338 e. The molecule has 0 aromatic rings. The SMILES string of the molecule is CC(C)N1CC(NC(=O)NC2CCCCC2)CC1=O. The van der Waals surface area contributed by atoms with E-state index in [-0.39, 0.29) is 24.0 Å². The van der Waals surface area contributed by atoms with Gasteiger partial charge in [-0.15, -0.1) is 0 Å². The zero-order chi connectivity index (χ0) is 13.8. The molecule has 1 heterocycles. The molecule has 0 aromatic heterocycles. The lowest BCUT2D eigenvalue weighted by Crippen LogP contribution is -2.47. The van der Waals surface area contributed by atoms with Crippen molar-refractivity contribution in [2.24, 2.45) is 0 Å². The third-order valence-corrected chi connectivity index (χ3v) is 4.06. The lowest BCUT2D eigenvalue weighted by molar-refractivity contribution is -0.129. The van der Waals surface area contributed by atoms with E-state index in [0.717, 1.165) is 12.8 Å². The van der Waals surface area contributed by atoms with Gasteiger partial charge in [-0.1, -0.05) is 19.3 Å². The lowest BCUT2D eigenvalue weighted by atomic mass is 9.96. The summed E-state index contributed by atoms with van der Waals surface area (Å²) in [4.78, 5) is 25.5. The summed E-state index contributed by atoms with van der Waals surface area (Å²) < 4.78 is 0. The molecule has 1 aliphatic heterocycles. The van der Waals surface area contributed by atoms with Gasteiger partial charge in [-0.3, -0.25) is 4.79 Å². The van der Waals surface area contributed by atoms with Gasteiger partial charge in [0.15, 0.2) is 0 Å². The Morgan fingerprint density at radius 1 is 1.16 bits per heavy atom. The molecule has 1 saturated carbocycles. The van der Waals surface area contributed by atoms with Gasteiger partial charge in [0.25, 0.3) is 0 Å². The number of urea groups is 1. The summed E-state index contributed by atoms with van der Waals surface area (Å²) in [5.74, 6) is 0.137. The van der Waals surface area contributed by atoms with Crippen LogP contribution in [0.15, 0.2) is 0 Å². The molecule has 2 rings (SSSR count). The second kappa shape index (κ2) is 6.26. The minimum atomic E-state index is -0.115. The molecular formula is C14H25N3O2. The van der Waals surface area contributed by atoms with E-state index in [0.29, 0.717) is 19.0 Å². The molecular weight excluding hydrogens is 242 g/mol. The summed E-state index contributed by atoms with van der Waals surface area (Å²) in [6.07, 6.45) is 6.27. The average Bonchev–Trinajstić information content (AvgIpc) is 2.71. The molecule has 2 aliphatic rings. The molecule has 0 aromatic carbocycles. The van der Waals surface area contributed by atoms with Crippen LogP contribution in [-0.4, -0.2) is 41.5 Å². The molecule has 0 radical (unpaired) electrons. The number of rotatable bonds is 3. The van der Waals surface area contributed by atoms with Crippen molar-refractivity contribution in [3.63, 3.8) is 0 Å². The highest BCUT2D eigenvalue weighted by Crippen LogP contribution is 2.18. The van der Waals surface area contributed by atoms with Crippen molar-refractivity contribution in [3.8, 4) is 0 Å². The maximum absolute atomic E-state index is 11.9. The Morgan fingerprint density at radius 3 is 2.37 bits per heavy atom. The van der Waals surface area contributed by atoms with Gasteiger partial charge in [0.2, 0.25) is 5.91 Å². The zero-order valence-corrected chi connectivity index (χ0v) is 11.9. The van der Waals surface area contributed by atoms with Crippen LogP contribution in [0.5, 0.6) is 0 Å². The van der Waals surface area contributed by atoms with E-state index in [1.165, 1.54) is 19.3 Å². The van der Waals surface area contributed by atoms with E-state index in [2.05, 4.69) is 10.6 Å². The highest BCUT2D eigenvalue weighted by molar-refractivity contribution is 5.82. The summed E-state index contributed by atoms with van der Waals surface area (Å²) in [5, 5.41) is 5.95. The van der Waals surface area contributed by atoms with Crippen molar-refractivity contribution < 1.29 is 9.59 Å². The molecule has 5 heteroatoms. The predicted octanol–water partition coefficient (Wildman–Crippen LogP) is 1.63. The van der Waals surface area contributed by atoms with Crippen molar-refractivity contribution in [1.82, 2.24) is 15.5 Å². The summed E-state index contributed by atoms with van der Waals surface area (Å²) in [5.41, 5.74) is 0. The average molecular weight is 267 g/mol. The van der Waals surface area contributed by atoms with Gasteiger partial charge in [0, 0.05) is 25.0 Å². The summed E-state index contributed by atoms with van der Waals surface area (Å²) in [7, 11) is 0. The second-order valence-corrected chi connectivity index (χ2v) is 5.99. The van der Waals surface area contributed by atoms with E-state index in [1.807, 2.05) is 18.7 Å². The maximum Gasteiger partial charge on any atom is 0.315 e. The fraction of sp³-hybridized carbons (Fsp3) is 0.857. The Balaban J connectivity index is 1.75. The Kier molecular flexibility index (Phi) is 4.66. The minimum absolute atomic E-state index is 0.0431. The molecule has 1 aliphatic carbocycles. The number of carbonyl (C=O) groups excluding carboxylic acids is 2. The number of likely N-dealkylation sites (tertiary alicyclic amines) is 1. The van der Waals surface area contributed by atoms with Crippen LogP contribution in [0.1, 0.15) is 52.4 Å². The topological polar surface area (TPSA) is 61.4 Å². The highest BCUT2D eigenvalue weighted by Gasteiger charge is 2.32.